The van der Waals surface area contributed by atoms with Crippen molar-refractivity contribution >= 4 is 17.9 Å². The lowest BCUT2D eigenvalue weighted by Gasteiger charge is -2.31. The number of hydrogen-bond acceptors (Lipinski definition) is 9. The predicted octanol–water partition coefficient (Wildman–Crippen LogP) is 8.28. The van der Waals surface area contributed by atoms with Gasteiger partial charge in [-0.15, -0.1) is 0 Å². The Labute approximate surface area is 283 Å². The smallest absolute Gasteiger partial charge is 0.343 e. The van der Waals surface area contributed by atoms with E-state index in [4.69, 9.17) is 23.7 Å². The Bertz CT molecular complexity index is 1540. The summed E-state index contributed by atoms with van der Waals surface area (Å²) in [6, 6.07) is 19.5. The number of hydrogen-bond donors (Lipinski definition) is 1. The van der Waals surface area contributed by atoms with Crippen molar-refractivity contribution in [2.45, 2.75) is 103 Å². The molecule has 258 valence electrons. The molecule has 0 saturated carbocycles. The van der Waals surface area contributed by atoms with Gasteiger partial charge in [0.1, 0.15) is 39.8 Å². The summed E-state index contributed by atoms with van der Waals surface area (Å²) < 4.78 is 28.6. The molecule has 0 spiro atoms. The maximum Gasteiger partial charge on any atom is 0.343 e. The second-order valence-corrected chi connectivity index (χ2v) is 14.2. The van der Waals surface area contributed by atoms with Crippen LogP contribution < -0.4 is 18.9 Å². The highest BCUT2D eigenvalue weighted by Gasteiger charge is 2.28. The Balaban J connectivity index is 1.50. The lowest BCUT2D eigenvalue weighted by Crippen LogP contribution is -2.34. The molecule has 3 aromatic carbocycles. The van der Waals surface area contributed by atoms with Crippen LogP contribution in [0, 0.1) is 0 Å². The molecule has 0 unspecified atom stereocenters. The zero-order chi connectivity index (χ0) is 35.8. The van der Waals surface area contributed by atoms with Crippen LogP contribution in [0.25, 0.3) is 0 Å². The molecule has 48 heavy (non-hydrogen) atoms. The van der Waals surface area contributed by atoms with E-state index in [-0.39, 0.29) is 5.75 Å². The Morgan fingerprint density at radius 1 is 0.562 bits per heavy atom. The van der Waals surface area contributed by atoms with E-state index in [0.29, 0.717) is 54.1 Å². The topological polar surface area (TPSA) is 118 Å². The molecule has 9 heteroatoms. The zero-order valence-electron chi connectivity index (χ0n) is 29.3. The third-order valence-corrected chi connectivity index (χ3v) is 7.42. The minimum atomic E-state index is -0.777. The van der Waals surface area contributed by atoms with Crippen molar-refractivity contribution in [1.29, 1.82) is 0 Å². The molecule has 9 nitrogen and oxygen atoms in total. The van der Waals surface area contributed by atoms with E-state index in [1.807, 2.05) is 41.5 Å². The van der Waals surface area contributed by atoms with E-state index in [2.05, 4.69) is 6.58 Å². The summed E-state index contributed by atoms with van der Waals surface area (Å²) in [5.74, 6) is 0.199. The fraction of sp³-hybridized carbons (Fsp3) is 0.410. The Kier molecular flexibility index (Phi) is 12.2. The van der Waals surface area contributed by atoms with Crippen molar-refractivity contribution in [3.63, 3.8) is 0 Å². The first-order valence-corrected chi connectivity index (χ1v) is 16.0. The van der Waals surface area contributed by atoms with Crippen LogP contribution in [0.4, 0.5) is 0 Å². The van der Waals surface area contributed by atoms with Crippen molar-refractivity contribution in [3.8, 4) is 23.0 Å². The predicted molar refractivity (Wildman–Crippen MR) is 184 cm³/mol. The molecule has 0 saturated heterocycles. The lowest BCUT2D eigenvalue weighted by molar-refractivity contribution is -0.151. The van der Waals surface area contributed by atoms with E-state index < -0.39 is 40.3 Å². The molecule has 0 radical (unpaired) electrons. The van der Waals surface area contributed by atoms with Gasteiger partial charge in [-0.3, -0.25) is 0 Å². The van der Waals surface area contributed by atoms with Gasteiger partial charge in [-0.1, -0.05) is 6.58 Å². The molecule has 3 aromatic rings. The van der Waals surface area contributed by atoms with Gasteiger partial charge in [-0.2, -0.15) is 0 Å². The first-order chi connectivity index (χ1) is 22.2. The van der Waals surface area contributed by atoms with Gasteiger partial charge < -0.3 is 28.8 Å². The largest absolute Gasteiger partial charge is 0.488 e. The summed E-state index contributed by atoms with van der Waals surface area (Å²) >= 11 is 0. The number of aliphatic hydroxyl groups is 1. The molecule has 0 fully saturated rings. The van der Waals surface area contributed by atoms with E-state index >= 15 is 0 Å². The lowest BCUT2D eigenvalue weighted by atomic mass is 9.93. The summed E-state index contributed by atoms with van der Waals surface area (Å²) in [6.07, 6.45) is 3.58. The van der Waals surface area contributed by atoms with E-state index in [9.17, 15) is 19.5 Å². The summed E-state index contributed by atoms with van der Waals surface area (Å²) in [5, 5.41) is 10.0. The van der Waals surface area contributed by atoms with Gasteiger partial charge in [0.2, 0.25) is 0 Å². The van der Waals surface area contributed by atoms with Crippen molar-refractivity contribution < 1.29 is 43.2 Å². The molecule has 0 amide bonds. The third-order valence-electron chi connectivity index (χ3n) is 7.42. The Morgan fingerprint density at radius 2 is 0.896 bits per heavy atom. The van der Waals surface area contributed by atoms with E-state index in [1.165, 1.54) is 0 Å². The van der Waals surface area contributed by atoms with Crippen molar-refractivity contribution in [2.24, 2.45) is 0 Å². The molecule has 0 atom stereocenters. The fourth-order valence-corrected chi connectivity index (χ4v) is 4.54. The number of carbonyl (C=O) groups excluding carboxylic acids is 3. The number of ether oxygens (including phenoxy) is 5. The van der Waals surface area contributed by atoms with E-state index in [1.54, 1.807) is 86.6 Å². The van der Waals surface area contributed by atoms with Gasteiger partial charge in [-0.25, -0.2) is 14.4 Å². The molecule has 0 aliphatic rings. The van der Waals surface area contributed by atoms with Crippen LogP contribution in [0.3, 0.4) is 0 Å². The van der Waals surface area contributed by atoms with Crippen molar-refractivity contribution in [3.05, 3.63) is 96.6 Å². The third kappa shape index (κ3) is 12.9. The van der Waals surface area contributed by atoms with E-state index in [0.717, 1.165) is 6.08 Å². The molecular weight excluding hydrogens is 612 g/mol. The van der Waals surface area contributed by atoms with Crippen LogP contribution >= 0.6 is 0 Å². The maximum atomic E-state index is 12.8. The molecule has 1 N–H and O–H groups in total. The number of esters is 3. The van der Waals surface area contributed by atoms with Crippen LogP contribution in [0.5, 0.6) is 23.0 Å². The summed E-state index contributed by atoms with van der Waals surface area (Å²) in [4.78, 5) is 37.1. The summed E-state index contributed by atoms with van der Waals surface area (Å²) in [7, 11) is 0. The highest BCUT2D eigenvalue weighted by atomic mass is 16.6. The highest BCUT2D eigenvalue weighted by Crippen LogP contribution is 2.29. The quantitative estimate of drug-likeness (QED) is 0.0920. The maximum absolute atomic E-state index is 12.8. The minimum Gasteiger partial charge on any atom is -0.488 e. The molecule has 0 heterocycles. The summed E-state index contributed by atoms with van der Waals surface area (Å²) in [6.45, 7) is 18.4. The van der Waals surface area contributed by atoms with Gasteiger partial charge >= 0.3 is 17.9 Å². The normalized spacial score (nSPS) is 12.1. The van der Waals surface area contributed by atoms with Crippen LogP contribution in [0.2, 0.25) is 0 Å². The molecule has 3 rings (SSSR count). The van der Waals surface area contributed by atoms with Crippen molar-refractivity contribution in [2.75, 3.05) is 0 Å². The second-order valence-electron chi connectivity index (χ2n) is 14.2. The fourth-order valence-electron chi connectivity index (χ4n) is 4.54. The number of carbonyl (C=O) groups is 3. The molecule has 0 aromatic heterocycles. The van der Waals surface area contributed by atoms with Crippen LogP contribution in [-0.2, 0) is 9.53 Å². The standard InChI is InChI=1S/C39H48O9/c1-10-33(40)48-39(8,9)26-25-38(6,7)47-32-17-13-28(14-18-32)35(42)45-30-21-19-29(20-22-30)44-34(41)27-11-15-31(16-12-27)46-37(4,5)24-23-36(2,3)43/h10-22,43H,1,23-26H2,2-9H3. The molecule has 0 aliphatic carbocycles. The van der Waals surface area contributed by atoms with Gasteiger partial charge in [0, 0.05) is 6.08 Å². The first kappa shape index (κ1) is 37.8. The SMILES string of the molecule is C=CC(=O)OC(C)(C)CCC(C)(C)Oc1ccc(C(=O)Oc2ccc(OC(=O)c3ccc(OC(C)(C)CCC(C)(C)O)cc3)cc2)cc1. The average Bonchev–Trinajstić information content (AvgIpc) is 3.00. The molecule has 0 aliphatic heterocycles. The van der Waals surface area contributed by atoms with Gasteiger partial charge in [0.05, 0.1) is 16.7 Å². The highest BCUT2D eigenvalue weighted by molar-refractivity contribution is 5.92. The summed E-state index contributed by atoms with van der Waals surface area (Å²) in [5.41, 5.74) is -1.81. The monoisotopic (exact) mass is 660 g/mol. The van der Waals surface area contributed by atoms with Gasteiger partial charge in [0.25, 0.3) is 0 Å². The van der Waals surface area contributed by atoms with Gasteiger partial charge in [0.15, 0.2) is 0 Å². The Hall–Kier alpha value is -4.63. The minimum absolute atomic E-state index is 0.287. The second kappa shape index (κ2) is 15.5. The zero-order valence-corrected chi connectivity index (χ0v) is 29.3. The Morgan fingerprint density at radius 3 is 1.25 bits per heavy atom. The molecular formula is C39H48O9. The molecule has 0 bridgehead atoms. The first-order valence-electron chi connectivity index (χ1n) is 16.0. The van der Waals surface area contributed by atoms with Gasteiger partial charge in [-0.05, 0) is 154 Å². The number of benzene rings is 3. The van der Waals surface area contributed by atoms with Crippen LogP contribution in [-0.4, -0.2) is 45.4 Å². The average molecular weight is 661 g/mol. The van der Waals surface area contributed by atoms with Crippen LogP contribution in [0.1, 0.15) is 102 Å². The van der Waals surface area contributed by atoms with Crippen LogP contribution in [0.15, 0.2) is 85.5 Å². The number of rotatable bonds is 16. The van der Waals surface area contributed by atoms with Crippen molar-refractivity contribution in [1.82, 2.24) is 0 Å².